The highest BCUT2D eigenvalue weighted by atomic mass is 79.9. The second-order valence-corrected chi connectivity index (χ2v) is 7.62. The molecule has 3 rings (SSSR count). The van der Waals surface area contributed by atoms with Crippen LogP contribution in [0.25, 0.3) is 11.4 Å². The van der Waals surface area contributed by atoms with Gasteiger partial charge in [-0.1, -0.05) is 51.4 Å². The van der Waals surface area contributed by atoms with Gasteiger partial charge in [-0.15, -0.1) is 10.2 Å². The summed E-state index contributed by atoms with van der Waals surface area (Å²) in [5, 5.41) is 22.0. The van der Waals surface area contributed by atoms with E-state index in [1.807, 2.05) is 24.3 Å². The number of nitrogens with zero attached hydrogens (tertiary/aromatic N) is 4. The minimum absolute atomic E-state index is 0.0374. The first-order valence-corrected chi connectivity index (χ1v) is 9.84. The van der Waals surface area contributed by atoms with E-state index in [0.29, 0.717) is 11.0 Å². The summed E-state index contributed by atoms with van der Waals surface area (Å²) in [6.45, 7) is 0. The maximum Gasteiger partial charge on any atom is 0.271 e. The van der Waals surface area contributed by atoms with Crippen LogP contribution < -0.4 is 11.2 Å². The summed E-state index contributed by atoms with van der Waals surface area (Å²) < 4.78 is 2.10. The van der Waals surface area contributed by atoms with Crippen LogP contribution in [-0.2, 0) is 4.79 Å². The number of thioether (sulfide) groups is 1. The van der Waals surface area contributed by atoms with Crippen LogP contribution in [-0.4, -0.2) is 31.5 Å². The molecular formula is C16H12BrClN6O3S. The van der Waals surface area contributed by atoms with Gasteiger partial charge in [0, 0.05) is 22.2 Å². The van der Waals surface area contributed by atoms with Gasteiger partial charge in [0.25, 0.3) is 5.69 Å². The van der Waals surface area contributed by atoms with Crippen molar-refractivity contribution in [2.45, 2.75) is 5.16 Å². The van der Waals surface area contributed by atoms with Crippen LogP contribution in [0.3, 0.4) is 0 Å². The number of nitro groups is 1. The number of nitro benzene ring substituents is 1. The number of anilines is 1. The van der Waals surface area contributed by atoms with Gasteiger partial charge in [-0.05, 0) is 18.2 Å². The molecule has 0 aliphatic carbocycles. The zero-order valence-electron chi connectivity index (χ0n) is 14.0. The fourth-order valence-corrected chi connectivity index (χ4v) is 3.52. The maximum absolute atomic E-state index is 12.2. The molecule has 1 heterocycles. The Morgan fingerprint density at radius 2 is 2.07 bits per heavy atom. The number of halogens is 2. The first-order valence-electron chi connectivity index (χ1n) is 7.69. The fourth-order valence-electron chi connectivity index (χ4n) is 2.24. The van der Waals surface area contributed by atoms with Gasteiger partial charge in [0.15, 0.2) is 5.82 Å². The SMILES string of the molecule is Nn1c(SCC(=O)Nc2cc([N+](=O)[O-])ccc2Cl)nnc1-c1ccccc1Br. The van der Waals surface area contributed by atoms with Gasteiger partial charge in [-0.3, -0.25) is 14.9 Å². The zero-order valence-corrected chi connectivity index (χ0v) is 17.2. The highest BCUT2D eigenvalue weighted by Crippen LogP contribution is 2.29. The molecule has 2 aromatic carbocycles. The molecule has 12 heteroatoms. The topological polar surface area (TPSA) is 129 Å². The molecule has 1 amide bonds. The molecule has 28 heavy (non-hydrogen) atoms. The van der Waals surface area contributed by atoms with E-state index in [9.17, 15) is 14.9 Å². The number of nitrogens with two attached hydrogens (primary N) is 1. The first kappa shape index (κ1) is 20.1. The Labute approximate surface area is 176 Å². The van der Waals surface area contributed by atoms with E-state index in [1.165, 1.54) is 22.9 Å². The summed E-state index contributed by atoms with van der Waals surface area (Å²) in [7, 11) is 0. The van der Waals surface area contributed by atoms with Gasteiger partial charge < -0.3 is 11.2 Å². The summed E-state index contributed by atoms with van der Waals surface area (Å²) in [4.78, 5) is 22.5. The number of hydrogen-bond donors (Lipinski definition) is 2. The number of hydrogen-bond acceptors (Lipinski definition) is 7. The van der Waals surface area contributed by atoms with Crippen molar-refractivity contribution in [3.05, 3.63) is 62.1 Å². The third-order valence-electron chi connectivity index (χ3n) is 3.55. The average molecular weight is 484 g/mol. The number of rotatable bonds is 6. The van der Waals surface area contributed by atoms with Crippen LogP contribution in [0, 0.1) is 10.1 Å². The lowest BCUT2D eigenvalue weighted by Gasteiger charge is -2.07. The monoisotopic (exact) mass is 482 g/mol. The molecule has 3 aromatic rings. The Hall–Kier alpha value is -2.63. The van der Waals surface area contributed by atoms with E-state index < -0.39 is 10.8 Å². The normalized spacial score (nSPS) is 10.6. The molecule has 0 aliphatic rings. The van der Waals surface area contributed by atoms with Gasteiger partial charge >= 0.3 is 0 Å². The molecule has 0 spiro atoms. The van der Waals surface area contributed by atoms with Crippen molar-refractivity contribution in [3.63, 3.8) is 0 Å². The van der Waals surface area contributed by atoms with Gasteiger partial charge in [-0.25, -0.2) is 4.68 Å². The quantitative estimate of drug-likeness (QED) is 0.236. The Kier molecular flexibility index (Phi) is 6.17. The number of carbonyl (C=O) groups excluding carboxylic acids is 1. The van der Waals surface area contributed by atoms with Crippen LogP contribution in [0.4, 0.5) is 11.4 Å². The molecule has 0 radical (unpaired) electrons. The first-order chi connectivity index (χ1) is 13.4. The molecule has 144 valence electrons. The lowest BCUT2D eigenvalue weighted by molar-refractivity contribution is -0.384. The predicted molar refractivity (Wildman–Crippen MR) is 111 cm³/mol. The molecule has 0 unspecified atom stereocenters. The van der Waals surface area contributed by atoms with Gasteiger partial charge in [0.1, 0.15) is 0 Å². The highest BCUT2D eigenvalue weighted by Gasteiger charge is 2.17. The molecule has 0 fully saturated rings. The summed E-state index contributed by atoms with van der Waals surface area (Å²) in [5.41, 5.74) is 0.744. The highest BCUT2D eigenvalue weighted by molar-refractivity contribution is 9.10. The molecule has 3 N–H and O–H groups in total. The van der Waals surface area contributed by atoms with Crippen molar-refractivity contribution in [2.24, 2.45) is 0 Å². The van der Waals surface area contributed by atoms with E-state index in [2.05, 4.69) is 31.4 Å². The number of aromatic nitrogens is 3. The second-order valence-electron chi connectivity index (χ2n) is 5.41. The number of benzene rings is 2. The Morgan fingerprint density at radius 1 is 1.32 bits per heavy atom. The van der Waals surface area contributed by atoms with Crippen molar-refractivity contribution < 1.29 is 9.72 Å². The van der Waals surface area contributed by atoms with E-state index in [1.54, 1.807) is 0 Å². The van der Waals surface area contributed by atoms with Crippen molar-refractivity contribution in [2.75, 3.05) is 16.9 Å². The smallest absolute Gasteiger partial charge is 0.271 e. The molecule has 0 aliphatic heterocycles. The van der Waals surface area contributed by atoms with Crippen molar-refractivity contribution in [1.29, 1.82) is 0 Å². The van der Waals surface area contributed by atoms with E-state index in [0.717, 1.165) is 21.8 Å². The van der Waals surface area contributed by atoms with E-state index >= 15 is 0 Å². The summed E-state index contributed by atoms with van der Waals surface area (Å²) >= 11 is 10.5. The Morgan fingerprint density at radius 3 is 2.79 bits per heavy atom. The van der Waals surface area contributed by atoms with Crippen LogP contribution >= 0.6 is 39.3 Å². The lowest BCUT2D eigenvalue weighted by atomic mass is 10.2. The van der Waals surface area contributed by atoms with Crippen LogP contribution in [0.15, 0.2) is 52.1 Å². The van der Waals surface area contributed by atoms with Crippen molar-refractivity contribution in [1.82, 2.24) is 14.9 Å². The molecular weight excluding hydrogens is 472 g/mol. The largest absolute Gasteiger partial charge is 0.335 e. The van der Waals surface area contributed by atoms with E-state index in [-0.39, 0.29) is 22.2 Å². The zero-order chi connectivity index (χ0) is 20.3. The minimum Gasteiger partial charge on any atom is -0.335 e. The summed E-state index contributed by atoms with van der Waals surface area (Å²) in [6.07, 6.45) is 0. The van der Waals surface area contributed by atoms with E-state index in [4.69, 9.17) is 17.4 Å². The third kappa shape index (κ3) is 4.43. The van der Waals surface area contributed by atoms with Gasteiger partial charge in [0.05, 0.1) is 21.4 Å². The Balaban J connectivity index is 1.68. The molecule has 0 bridgehead atoms. The molecule has 1 aromatic heterocycles. The second kappa shape index (κ2) is 8.59. The number of nitrogens with one attached hydrogen (secondary N) is 1. The number of nitrogen functional groups attached to an aromatic ring is 1. The van der Waals surface area contributed by atoms with Crippen LogP contribution in [0.5, 0.6) is 0 Å². The summed E-state index contributed by atoms with van der Waals surface area (Å²) in [6, 6.07) is 11.2. The fraction of sp³-hybridized carbons (Fsp3) is 0.0625. The predicted octanol–water partition coefficient (Wildman–Crippen LogP) is 3.71. The standard InChI is InChI=1S/C16H12BrClN6O3S/c17-11-4-2-1-3-10(11)15-21-22-16(23(15)19)28-8-14(25)20-13-7-9(24(26)27)5-6-12(13)18/h1-7H,8,19H2,(H,20,25). The van der Waals surface area contributed by atoms with Crippen LogP contribution in [0.2, 0.25) is 5.02 Å². The average Bonchev–Trinajstić information content (AvgIpc) is 3.02. The van der Waals surface area contributed by atoms with Gasteiger partial charge in [0.2, 0.25) is 11.1 Å². The summed E-state index contributed by atoms with van der Waals surface area (Å²) in [5.74, 6) is 6.03. The van der Waals surface area contributed by atoms with Crippen molar-refractivity contribution in [3.8, 4) is 11.4 Å². The minimum atomic E-state index is -0.569. The molecule has 0 saturated heterocycles. The third-order valence-corrected chi connectivity index (χ3v) is 5.51. The lowest BCUT2D eigenvalue weighted by Crippen LogP contribution is -2.16. The number of carbonyl (C=O) groups is 1. The Bertz CT molecular complexity index is 1060. The molecule has 0 atom stereocenters. The molecule has 0 saturated carbocycles. The maximum atomic E-state index is 12.2. The molecule has 9 nitrogen and oxygen atoms in total. The van der Waals surface area contributed by atoms with Gasteiger partial charge in [-0.2, -0.15) is 0 Å². The van der Waals surface area contributed by atoms with Crippen LogP contribution in [0.1, 0.15) is 0 Å². The number of amides is 1. The number of non-ortho nitro benzene ring substituents is 1. The van der Waals surface area contributed by atoms with Crippen molar-refractivity contribution >= 4 is 56.6 Å².